The van der Waals surface area contributed by atoms with E-state index in [1.807, 2.05) is 30.5 Å². The van der Waals surface area contributed by atoms with Crippen LogP contribution in [0.5, 0.6) is 0 Å². The van der Waals surface area contributed by atoms with Crippen molar-refractivity contribution in [3.63, 3.8) is 0 Å². The summed E-state index contributed by atoms with van der Waals surface area (Å²) in [7, 11) is 0. The first-order valence-corrected chi connectivity index (χ1v) is 8.49. The summed E-state index contributed by atoms with van der Waals surface area (Å²) in [5.74, 6) is 0. The van der Waals surface area contributed by atoms with E-state index in [9.17, 15) is 18.9 Å². The van der Waals surface area contributed by atoms with Crippen molar-refractivity contribution in [1.29, 1.82) is 0 Å². The summed E-state index contributed by atoms with van der Waals surface area (Å²) in [6.45, 7) is 0. The van der Waals surface area contributed by atoms with Crippen LogP contribution in [-0.4, -0.2) is 21.0 Å². The van der Waals surface area contributed by atoms with Crippen molar-refractivity contribution in [2.45, 2.75) is 11.3 Å². The largest absolute Gasteiger partial charge is 0.282 e. The second-order valence-electron chi connectivity index (χ2n) is 5.17. The fraction of sp³-hybridized carbons (Fsp3) is 0.118. The van der Waals surface area contributed by atoms with E-state index in [0.717, 1.165) is 10.5 Å². The van der Waals surface area contributed by atoms with Gasteiger partial charge in [0, 0.05) is 22.6 Å². The molecule has 0 unspecified atom stereocenters. The summed E-state index contributed by atoms with van der Waals surface area (Å²) in [6, 6.07) is 14.4. The minimum absolute atomic E-state index is 0.0733. The van der Waals surface area contributed by atoms with Crippen LogP contribution in [0.3, 0.4) is 0 Å². The minimum atomic E-state index is -2.71. The molecule has 5 nitrogen and oxygen atoms in total. The second-order valence-corrected chi connectivity index (χ2v) is 6.05. The van der Waals surface area contributed by atoms with Gasteiger partial charge in [-0.3, -0.25) is 10.1 Å². The van der Waals surface area contributed by atoms with Gasteiger partial charge in [0.1, 0.15) is 5.69 Å². The molecule has 8 heteroatoms. The van der Waals surface area contributed by atoms with Crippen molar-refractivity contribution in [3.05, 3.63) is 70.4 Å². The maximum Gasteiger partial charge on any atom is 0.282 e. The van der Waals surface area contributed by atoms with Gasteiger partial charge in [0.05, 0.1) is 16.3 Å². The van der Waals surface area contributed by atoms with Gasteiger partial charge in [0.25, 0.3) is 12.1 Å². The number of nitro benzene ring substituents is 1. The molecule has 0 aliphatic heterocycles. The summed E-state index contributed by atoms with van der Waals surface area (Å²) in [5.41, 5.74) is 1.28. The quantitative estimate of drug-likeness (QED) is 0.360. The summed E-state index contributed by atoms with van der Waals surface area (Å²) in [4.78, 5) is 11.3. The normalized spacial score (nSPS) is 11.0. The van der Waals surface area contributed by atoms with Gasteiger partial charge in [0.2, 0.25) is 0 Å². The zero-order valence-electron chi connectivity index (χ0n) is 13.1. The average Bonchev–Trinajstić information content (AvgIpc) is 3.07. The van der Waals surface area contributed by atoms with Crippen LogP contribution in [0.25, 0.3) is 16.9 Å². The lowest BCUT2D eigenvalue weighted by molar-refractivity contribution is -0.384. The van der Waals surface area contributed by atoms with Gasteiger partial charge in [-0.15, -0.1) is 11.8 Å². The summed E-state index contributed by atoms with van der Waals surface area (Å²) in [6.07, 6.45) is -0.756. The zero-order chi connectivity index (χ0) is 18.0. The van der Waals surface area contributed by atoms with Crippen LogP contribution in [0.4, 0.5) is 14.5 Å². The van der Waals surface area contributed by atoms with Crippen molar-refractivity contribution in [2.75, 3.05) is 6.26 Å². The molecule has 25 heavy (non-hydrogen) atoms. The van der Waals surface area contributed by atoms with E-state index in [1.165, 1.54) is 35.0 Å². The monoisotopic (exact) mass is 361 g/mol. The molecule has 0 saturated heterocycles. The maximum absolute atomic E-state index is 13.1. The van der Waals surface area contributed by atoms with Gasteiger partial charge in [0.15, 0.2) is 0 Å². The number of halogens is 2. The standard InChI is InChI=1S/C17H13F2N3O2S/c1-25-14-8-2-11(3-9-14)16-10-15(17(18)19)20-21(16)12-4-6-13(7-5-12)22(23)24/h2-10,17H,1H3. The van der Waals surface area contributed by atoms with Gasteiger partial charge in [-0.05, 0) is 36.6 Å². The number of benzene rings is 2. The molecule has 0 aliphatic carbocycles. The first kappa shape index (κ1) is 17.1. The molecule has 0 spiro atoms. The topological polar surface area (TPSA) is 61.0 Å². The summed E-state index contributed by atoms with van der Waals surface area (Å²) < 4.78 is 27.6. The van der Waals surface area contributed by atoms with Crippen LogP contribution in [0.1, 0.15) is 12.1 Å². The Labute approximate surface area is 146 Å². The highest BCUT2D eigenvalue weighted by atomic mass is 32.2. The van der Waals surface area contributed by atoms with Crippen molar-refractivity contribution in [2.24, 2.45) is 0 Å². The molecule has 0 amide bonds. The van der Waals surface area contributed by atoms with E-state index < -0.39 is 11.3 Å². The number of nitro groups is 1. The Hall–Kier alpha value is -2.74. The second kappa shape index (κ2) is 7.02. The van der Waals surface area contributed by atoms with Gasteiger partial charge in [-0.2, -0.15) is 5.10 Å². The number of thioether (sulfide) groups is 1. The fourth-order valence-electron chi connectivity index (χ4n) is 2.39. The Bertz CT molecular complexity index is 893. The van der Waals surface area contributed by atoms with E-state index in [0.29, 0.717) is 11.4 Å². The van der Waals surface area contributed by atoms with E-state index in [1.54, 1.807) is 11.8 Å². The third-order valence-electron chi connectivity index (χ3n) is 3.64. The molecule has 3 rings (SSSR count). The summed E-state index contributed by atoms with van der Waals surface area (Å²) in [5, 5.41) is 14.7. The number of alkyl halides is 2. The third-order valence-corrected chi connectivity index (χ3v) is 4.39. The predicted molar refractivity (Wildman–Crippen MR) is 92.4 cm³/mol. The number of hydrogen-bond donors (Lipinski definition) is 0. The van der Waals surface area contributed by atoms with Crippen LogP contribution >= 0.6 is 11.8 Å². The van der Waals surface area contributed by atoms with Crippen molar-refractivity contribution < 1.29 is 13.7 Å². The van der Waals surface area contributed by atoms with E-state index in [2.05, 4.69) is 5.10 Å². The molecule has 3 aromatic rings. The SMILES string of the molecule is CSc1ccc(-c2cc(C(F)F)nn2-c2ccc([N+](=O)[O-])cc2)cc1. The third kappa shape index (κ3) is 3.53. The molecule has 1 aromatic heterocycles. The smallest absolute Gasteiger partial charge is 0.258 e. The fourth-order valence-corrected chi connectivity index (χ4v) is 2.79. The molecule has 0 radical (unpaired) electrons. The van der Waals surface area contributed by atoms with E-state index >= 15 is 0 Å². The highest BCUT2D eigenvalue weighted by Gasteiger charge is 2.18. The summed E-state index contributed by atoms with van der Waals surface area (Å²) >= 11 is 1.58. The van der Waals surface area contributed by atoms with Gasteiger partial charge < -0.3 is 0 Å². The highest BCUT2D eigenvalue weighted by Crippen LogP contribution is 2.30. The molecule has 2 aromatic carbocycles. The molecule has 0 bridgehead atoms. The number of rotatable bonds is 5. The number of nitrogens with zero attached hydrogens (tertiary/aromatic N) is 3. The minimum Gasteiger partial charge on any atom is -0.258 e. The van der Waals surface area contributed by atoms with Crippen molar-refractivity contribution >= 4 is 17.4 Å². The Morgan fingerprint density at radius 3 is 2.28 bits per heavy atom. The lowest BCUT2D eigenvalue weighted by Gasteiger charge is -2.08. The maximum atomic E-state index is 13.1. The molecule has 0 aliphatic rings. The predicted octanol–water partition coefficient (Wildman–Crippen LogP) is 5.11. The van der Waals surface area contributed by atoms with Crippen LogP contribution in [-0.2, 0) is 0 Å². The lowest BCUT2D eigenvalue weighted by atomic mass is 10.1. The Morgan fingerprint density at radius 2 is 1.76 bits per heavy atom. The first-order valence-electron chi connectivity index (χ1n) is 7.27. The number of hydrogen-bond acceptors (Lipinski definition) is 4. The molecule has 0 N–H and O–H groups in total. The average molecular weight is 361 g/mol. The molecule has 0 atom stereocenters. The highest BCUT2D eigenvalue weighted by molar-refractivity contribution is 7.98. The van der Waals surface area contributed by atoms with Crippen molar-refractivity contribution in [3.8, 4) is 16.9 Å². The van der Waals surface area contributed by atoms with Gasteiger partial charge >= 0.3 is 0 Å². The molecule has 128 valence electrons. The Morgan fingerprint density at radius 1 is 1.12 bits per heavy atom. The van der Waals surface area contributed by atoms with Crippen molar-refractivity contribution in [1.82, 2.24) is 9.78 Å². The van der Waals surface area contributed by atoms with Gasteiger partial charge in [-0.1, -0.05) is 12.1 Å². The Balaban J connectivity index is 2.09. The van der Waals surface area contributed by atoms with Crippen LogP contribution in [0, 0.1) is 10.1 Å². The molecular weight excluding hydrogens is 348 g/mol. The Kier molecular flexibility index (Phi) is 4.80. The molecule has 0 fully saturated rings. The van der Waals surface area contributed by atoms with E-state index in [-0.39, 0.29) is 11.4 Å². The lowest BCUT2D eigenvalue weighted by Crippen LogP contribution is -2.00. The van der Waals surface area contributed by atoms with Crippen LogP contribution in [0.2, 0.25) is 0 Å². The van der Waals surface area contributed by atoms with Gasteiger partial charge in [-0.25, -0.2) is 13.5 Å². The van der Waals surface area contributed by atoms with Crippen LogP contribution < -0.4 is 0 Å². The molecule has 0 saturated carbocycles. The zero-order valence-corrected chi connectivity index (χ0v) is 13.9. The van der Waals surface area contributed by atoms with Crippen LogP contribution in [0.15, 0.2) is 59.5 Å². The number of aromatic nitrogens is 2. The first-order chi connectivity index (χ1) is 12.0. The molecular formula is C17H13F2N3O2S. The number of non-ortho nitro benzene ring substituents is 1. The molecule has 1 heterocycles. The van der Waals surface area contributed by atoms with E-state index in [4.69, 9.17) is 0 Å².